The number of aromatic amines is 2. The Balaban J connectivity index is 1.21. The SMILES string of the molecule is CN(Cc1nc2ccccc2[nH]1)C(=O)c1ccc(CSc2nc3ccccc3[nH]2)cc1. The Bertz CT molecular complexity index is 1290. The molecule has 0 fully saturated rings. The predicted molar refractivity (Wildman–Crippen MR) is 124 cm³/mol. The Morgan fingerprint density at radius 1 is 0.871 bits per heavy atom. The molecule has 2 heterocycles. The summed E-state index contributed by atoms with van der Waals surface area (Å²) in [5, 5.41) is 0.895. The Labute approximate surface area is 183 Å². The second-order valence-corrected chi connectivity index (χ2v) is 8.37. The zero-order chi connectivity index (χ0) is 21.2. The highest BCUT2D eigenvalue weighted by Gasteiger charge is 2.14. The van der Waals surface area contributed by atoms with Gasteiger partial charge in [-0.2, -0.15) is 0 Å². The molecule has 0 aliphatic heterocycles. The monoisotopic (exact) mass is 427 g/mol. The van der Waals surface area contributed by atoms with Crippen LogP contribution in [0.1, 0.15) is 21.7 Å². The normalized spacial score (nSPS) is 11.3. The molecule has 0 saturated heterocycles. The molecule has 154 valence electrons. The van der Waals surface area contributed by atoms with E-state index in [1.54, 1.807) is 23.7 Å². The molecule has 3 aromatic carbocycles. The lowest BCUT2D eigenvalue weighted by atomic mass is 10.1. The third-order valence-electron chi connectivity index (χ3n) is 5.12. The molecule has 0 spiro atoms. The first-order valence-electron chi connectivity index (χ1n) is 10.0. The molecule has 2 N–H and O–H groups in total. The summed E-state index contributed by atoms with van der Waals surface area (Å²) in [7, 11) is 1.79. The molecule has 5 aromatic rings. The van der Waals surface area contributed by atoms with Crippen LogP contribution in [-0.2, 0) is 12.3 Å². The number of para-hydroxylation sites is 4. The molecule has 0 aliphatic rings. The van der Waals surface area contributed by atoms with Gasteiger partial charge in [-0.3, -0.25) is 4.79 Å². The van der Waals surface area contributed by atoms with Crippen molar-refractivity contribution in [2.45, 2.75) is 17.5 Å². The number of nitrogens with zero attached hydrogens (tertiary/aromatic N) is 3. The number of imidazole rings is 2. The maximum Gasteiger partial charge on any atom is 0.253 e. The second kappa shape index (κ2) is 8.28. The van der Waals surface area contributed by atoms with Crippen LogP contribution in [0.4, 0.5) is 0 Å². The summed E-state index contributed by atoms with van der Waals surface area (Å²) in [6.07, 6.45) is 0. The molecule has 0 atom stereocenters. The molecule has 6 nitrogen and oxygen atoms in total. The van der Waals surface area contributed by atoms with E-state index in [9.17, 15) is 4.79 Å². The fraction of sp³-hybridized carbons (Fsp3) is 0.125. The smallest absolute Gasteiger partial charge is 0.253 e. The molecule has 5 rings (SSSR count). The van der Waals surface area contributed by atoms with E-state index in [1.807, 2.05) is 72.8 Å². The van der Waals surface area contributed by atoms with Crippen LogP contribution in [0.25, 0.3) is 22.1 Å². The topological polar surface area (TPSA) is 77.7 Å². The van der Waals surface area contributed by atoms with Crippen molar-refractivity contribution in [2.24, 2.45) is 0 Å². The molecule has 7 heteroatoms. The van der Waals surface area contributed by atoms with Crippen LogP contribution in [0.15, 0.2) is 78.0 Å². The zero-order valence-corrected chi connectivity index (χ0v) is 17.8. The quantitative estimate of drug-likeness (QED) is 0.374. The molecule has 2 aromatic heterocycles. The third-order valence-corrected chi connectivity index (χ3v) is 6.06. The molecule has 1 amide bonds. The van der Waals surface area contributed by atoms with Crippen LogP contribution in [0, 0.1) is 0 Å². The number of thioether (sulfide) groups is 1. The molecule has 0 aliphatic carbocycles. The Morgan fingerprint density at radius 3 is 2.19 bits per heavy atom. The largest absolute Gasteiger partial charge is 0.340 e. The fourth-order valence-electron chi connectivity index (χ4n) is 3.49. The van der Waals surface area contributed by atoms with Crippen LogP contribution in [0.5, 0.6) is 0 Å². The van der Waals surface area contributed by atoms with Crippen molar-refractivity contribution >= 4 is 39.7 Å². The molecule has 31 heavy (non-hydrogen) atoms. The number of rotatable bonds is 6. The number of hydrogen-bond donors (Lipinski definition) is 2. The van der Waals surface area contributed by atoms with Crippen LogP contribution in [-0.4, -0.2) is 37.8 Å². The van der Waals surface area contributed by atoms with Gasteiger partial charge in [0.05, 0.1) is 28.6 Å². The van der Waals surface area contributed by atoms with E-state index in [2.05, 4.69) is 19.9 Å². The zero-order valence-electron chi connectivity index (χ0n) is 17.0. The van der Waals surface area contributed by atoms with E-state index in [4.69, 9.17) is 0 Å². The lowest BCUT2D eigenvalue weighted by Crippen LogP contribution is -2.26. The van der Waals surface area contributed by atoms with Gasteiger partial charge in [-0.05, 0) is 42.0 Å². The van der Waals surface area contributed by atoms with Gasteiger partial charge in [0.1, 0.15) is 5.82 Å². The van der Waals surface area contributed by atoms with Crippen LogP contribution >= 0.6 is 11.8 Å². The standard InChI is InChI=1S/C24H21N5OS/c1-29(14-22-25-18-6-2-3-7-19(18)26-22)23(30)17-12-10-16(11-13-17)15-31-24-27-20-8-4-5-9-21(20)28-24/h2-13H,14-15H2,1H3,(H,25,26)(H,27,28). The third kappa shape index (κ3) is 4.18. The van der Waals surface area contributed by atoms with Gasteiger partial charge in [0, 0.05) is 18.4 Å². The minimum atomic E-state index is -0.0306. The lowest BCUT2D eigenvalue weighted by Gasteiger charge is -2.16. The van der Waals surface area contributed by atoms with Crippen molar-refractivity contribution in [3.8, 4) is 0 Å². The highest BCUT2D eigenvalue weighted by molar-refractivity contribution is 7.98. The number of hydrogen-bond acceptors (Lipinski definition) is 4. The fourth-order valence-corrected chi connectivity index (χ4v) is 4.33. The minimum absolute atomic E-state index is 0.0306. The Hall–Kier alpha value is -3.58. The summed E-state index contributed by atoms with van der Waals surface area (Å²) in [4.78, 5) is 30.2. The summed E-state index contributed by atoms with van der Waals surface area (Å²) in [6, 6.07) is 23.6. The molecule has 0 bridgehead atoms. The number of H-pyrrole nitrogens is 2. The first kappa shape index (κ1) is 19.4. The van der Waals surface area contributed by atoms with Gasteiger partial charge in [0.15, 0.2) is 5.16 Å². The van der Waals surface area contributed by atoms with E-state index in [1.165, 1.54) is 0 Å². The second-order valence-electron chi connectivity index (χ2n) is 7.41. The van der Waals surface area contributed by atoms with Crippen molar-refractivity contribution in [3.05, 3.63) is 89.7 Å². The predicted octanol–water partition coefficient (Wildman–Crippen LogP) is 5.00. The van der Waals surface area contributed by atoms with E-state index in [0.717, 1.165) is 44.4 Å². The molecular weight excluding hydrogens is 406 g/mol. The Kier molecular flexibility index (Phi) is 5.18. The van der Waals surface area contributed by atoms with E-state index < -0.39 is 0 Å². The summed E-state index contributed by atoms with van der Waals surface area (Å²) in [5.74, 6) is 1.52. The maximum atomic E-state index is 12.8. The number of benzene rings is 3. The summed E-state index contributed by atoms with van der Waals surface area (Å²) >= 11 is 1.65. The minimum Gasteiger partial charge on any atom is -0.340 e. The van der Waals surface area contributed by atoms with Gasteiger partial charge in [-0.25, -0.2) is 9.97 Å². The van der Waals surface area contributed by atoms with Gasteiger partial charge in [0.25, 0.3) is 5.91 Å². The maximum absolute atomic E-state index is 12.8. The number of carbonyl (C=O) groups is 1. The lowest BCUT2D eigenvalue weighted by molar-refractivity contribution is 0.0782. The van der Waals surface area contributed by atoms with Crippen molar-refractivity contribution in [1.29, 1.82) is 0 Å². The van der Waals surface area contributed by atoms with Gasteiger partial charge in [0.2, 0.25) is 0 Å². The van der Waals surface area contributed by atoms with Gasteiger partial charge in [-0.15, -0.1) is 0 Å². The first-order valence-corrected chi connectivity index (χ1v) is 11.0. The van der Waals surface area contributed by atoms with Gasteiger partial charge >= 0.3 is 0 Å². The van der Waals surface area contributed by atoms with Crippen molar-refractivity contribution < 1.29 is 4.79 Å². The van der Waals surface area contributed by atoms with Crippen molar-refractivity contribution in [3.63, 3.8) is 0 Å². The van der Waals surface area contributed by atoms with Crippen LogP contribution in [0.2, 0.25) is 0 Å². The van der Waals surface area contributed by atoms with Gasteiger partial charge < -0.3 is 14.9 Å². The molecule has 0 radical (unpaired) electrons. The van der Waals surface area contributed by atoms with Crippen LogP contribution < -0.4 is 0 Å². The average Bonchev–Trinajstić information content (AvgIpc) is 3.40. The summed E-state index contributed by atoms with van der Waals surface area (Å²) < 4.78 is 0. The number of carbonyl (C=O) groups excluding carboxylic acids is 1. The van der Waals surface area contributed by atoms with Crippen LogP contribution in [0.3, 0.4) is 0 Å². The van der Waals surface area contributed by atoms with E-state index in [-0.39, 0.29) is 5.91 Å². The summed E-state index contributed by atoms with van der Waals surface area (Å²) in [5.41, 5.74) is 5.70. The molecule has 0 saturated carbocycles. The van der Waals surface area contributed by atoms with Crippen molar-refractivity contribution in [1.82, 2.24) is 24.8 Å². The first-order chi connectivity index (χ1) is 15.2. The molecular formula is C24H21N5OS. The van der Waals surface area contributed by atoms with E-state index in [0.29, 0.717) is 12.1 Å². The van der Waals surface area contributed by atoms with Gasteiger partial charge in [-0.1, -0.05) is 48.2 Å². The number of fused-ring (bicyclic) bond motifs is 2. The average molecular weight is 428 g/mol. The number of aromatic nitrogens is 4. The van der Waals surface area contributed by atoms with Crippen molar-refractivity contribution in [2.75, 3.05) is 7.05 Å². The number of nitrogens with one attached hydrogen (secondary N) is 2. The molecule has 0 unspecified atom stereocenters. The number of amides is 1. The Morgan fingerprint density at radius 2 is 1.52 bits per heavy atom. The van der Waals surface area contributed by atoms with E-state index >= 15 is 0 Å². The highest BCUT2D eigenvalue weighted by atomic mass is 32.2. The summed E-state index contributed by atoms with van der Waals surface area (Å²) in [6.45, 7) is 0.428. The highest BCUT2D eigenvalue weighted by Crippen LogP contribution is 2.23.